The number of amides is 1. The van der Waals surface area contributed by atoms with Gasteiger partial charge in [0.25, 0.3) is 11.6 Å². The summed E-state index contributed by atoms with van der Waals surface area (Å²) in [6.07, 6.45) is 0. The van der Waals surface area contributed by atoms with Crippen molar-refractivity contribution in [3.8, 4) is 17.2 Å². The van der Waals surface area contributed by atoms with Crippen LogP contribution in [0.15, 0.2) is 30.3 Å². The zero-order chi connectivity index (χ0) is 20.8. The number of anilines is 1. The van der Waals surface area contributed by atoms with Crippen LogP contribution in [0.3, 0.4) is 0 Å². The van der Waals surface area contributed by atoms with Crippen LogP contribution in [0.1, 0.15) is 15.9 Å². The van der Waals surface area contributed by atoms with Crippen molar-refractivity contribution in [3.05, 3.63) is 51.6 Å². The molecule has 0 bridgehead atoms. The normalized spacial score (nSPS) is 10.0. The molecule has 10 heteroatoms. The third-order valence-electron chi connectivity index (χ3n) is 3.84. The van der Waals surface area contributed by atoms with Gasteiger partial charge in [-0.2, -0.15) is 0 Å². The van der Waals surface area contributed by atoms with Crippen molar-refractivity contribution < 1.29 is 23.9 Å². The minimum absolute atomic E-state index is 0.0891. The fourth-order valence-corrected chi connectivity index (χ4v) is 2.46. The molecule has 0 unspecified atom stereocenters. The summed E-state index contributed by atoms with van der Waals surface area (Å²) in [6, 6.07) is 7.30. The van der Waals surface area contributed by atoms with Gasteiger partial charge in [-0.25, -0.2) is 0 Å². The Balaban J connectivity index is 2.18. The number of nitrogens with one attached hydrogen (secondary N) is 3. The van der Waals surface area contributed by atoms with Gasteiger partial charge < -0.3 is 19.5 Å². The number of nitrogens with zero attached hydrogens (tertiary/aromatic N) is 1. The SMILES string of the molecule is COc1cc(C(=O)NC(=N)Nc2ccc(C)c([N+](=O)[O-])c2)cc(OC)c1OC. The Labute approximate surface area is 161 Å². The first-order valence-corrected chi connectivity index (χ1v) is 8.02. The van der Waals surface area contributed by atoms with Crippen LogP contribution >= 0.6 is 0 Å². The van der Waals surface area contributed by atoms with E-state index in [2.05, 4.69) is 10.6 Å². The summed E-state index contributed by atoms with van der Waals surface area (Å²) < 4.78 is 15.6. The number of carbonyl (C=O) groups excluding carboxylic acids is 1. The lowest BCUT2D eigenvalue weighted by atomic mass is 10.1. The van der Waals surface area contributed by atoms with Gasteiger partial charge in [-0.05, 0) is 25.1 Å². The molecule has 0 spiro atoms. The quantitative estimate of drug-likeness (QED) is 0.299. The number of aryl methyl sites for hydroxylation is 1. The molecule has 0 aliphatic heterocycles. The second kappa shape index (κ2) is 8.71. The fourth-order valence-electron chi connectivity index (χ4n) is 2.46. The number of carbonyl (C=O) groups is 1. The monoisotopic (exact) mass is 388 g/mol. The highest BCUT2D eigenvalue weighted by Gasteiger charge is 2.18. The molecule has 0 aliphatic carbocycles. The first kappa shape index (κ1) is 20.5. The highest BCUT2D eigenvalue weighted by atomic mass is 16.6. The molecule has 0 heterocycles. The maximum Gasteiger partial charge on any atom is 0.274 e. The van der Waals surface area contributed by atoms with E-state index in [1.165, 1.54) is 39.5 Å². The Morgan fingerprint density at radius 2 is 1.68 bits per heavy atom. The third-order valence-corrected chi connectivity index (χ3v) is 3.84. The zero-order valence-corrected chi connectivity index (χ0v) is 15.8. The molecule has 10 nitrogen and oxygen atoms in total. The molecule has 1 amide bonds. The Bertz CT molecular complexity index is 903. The van der Waals surface area contributed by atoms with Gasteiger partial charge >= 0.3 is 0 Å². The molecular weight excluding hydrogens is 368 g/mol. The molecule has 3 N–H and O–H groups in total. The van der Waals surface area contributed by atoms with E-state index < -0.39 is 10.8 Å². The van der Waals surface area contributed by atoms with Gasteiger partial charge in [0.2, 0.25) is 5.75 Å². The number of nitro benzene ring substituents is 1. The van der Waals surface area contributed by atoms with Gasteiger partial charge in [0.05, 0.1) is 26.3 Å². The molecule has 0 aliphatic rings. The number of methoxy groups -OCH3 is 3. The number of rotatable bonds is 6. The molecule has 148 valence electrons. The third kappa shape index (κ3) is 4.47. The Kier molecular flexibility index (Phi) is 6.38. The smallest absolute Gasteiger partial charge is 0.274 e. The largest absolute Gasteiger partial charge is 0.493 e. The first-order chi connectivity index (χ1) is 13.3. The molecule has 2 aromatic rings. The van der Waals surface area contributed by atoms with Crippen molar-refractivity contribution in [2.24, 2.45) is 0 Å². The standard InChI is InChI=1S/C18H20N4O6/c1-10-5-6-12(9-13(10)22(24)25)20-18(19)21-17(23)11-7-14(26-2)16(28-4)15(8-11)27-3/h5-9H,1-4H3,(H3,19,20,21,23). The molecule has 0 atom stereocenters. The van der Waals surface area contributed by atoms with E-state index in [0.29, 0.717) is 28.5 Å². The van der Waals surface area contributed by atoms with Crippen LogP contribution in [0.5, 0.6) is 17.2 Å². The topological polar surface area (TPSA) is 136 Å². The van der Waals surface area contributed by atoms with Gasteiger partial charge in [-0.3, -0.25) is 25.6 Å². The molecule has 0 fully saturated rings. The molecular formula is C18H20N4O6. The van der Waals surface area contributed by atoms with Crippen LogP contribution in [0, 0.1) is 22.4 Å². The second-order valence-corrected chi connectivity index (χ2v) is 5.63. The molecule has 28 heavy (non-hydrogen) atoms. The number of nitro groups is 1. The summed E-state index contributed by atoms with van der Waals surface area (Å²) in [7, 11) is 4.29. The number of benzene rings is 2. The van der Waals surface area contributed by atoms with Gasteiger partial charge in [-0.1, -0.05) is 6.07 Å². The summed E-state index contributed by atoms with van der Waals surface area (Å²) in [4.78, 5) is 23.0. The number of ether oxygens (including phenoxy) is 3. The summed E-state index contributed by atoms with van der Waals surface area (Å²) in [5.41, 5.74) is 0.876. The summed E-state index contributed by atoms with van der Waals surface area (Å²) in [6.45, 7) is 1.61. The molecule has 2 aromatic carbocycles. The molecule has 0 radical (unpaired) electrons. The van der Waals surface area contributed by atoms with Gasteiger partial charge in [0.15, 0.2) is 17.5 Å². The number of hydrogen-bond acceptors (Lipinski definition) is 7. The van der Waals surface area contributed by atoms with Crippen molar-refractivity contribution in [2.45, 2.75) is 6.92 Å². The van der Waals surface area contributed by atoms with Crippen LogP contribution in [0.4, 0.5) is 11.4 Å². The molecule has 0 saturated carbocycles. The Morgan fingerprint density at radius 3 is 2.18 bits per heavy atom. The van der Waals surface area contributed by atoms with E-state index in [9.17, 15) is 14.9 Å². The fraction of sp³-hybridized carbons (Fsp3) is 0.222. The van der Waals surface area contributed by atoms with E-state index in [1.807, 2.05) is 0 Å². The highest BCUT2D eigenvalue weighted by molar-refractivity contribution is 6.09. The average Bonchev–Trinajstić information content (AvgIpc) is 2.67. The van der Waals surface area contributed by atoms with Crippen LogP contribution < -0.4 is 24.8 Å². The minimum Gasteiger partial charge on any atom is -0.493 e. The lowest BCUT2D eigenvalue weighted by Gasteiger charge is -2.14. The number of guanidine groups is 1. The zero-order valence-electron chi connectivity index (χ0n) is 15.8. The van der Waals surface area contributed by atoms with E-state index in [4.69, 9.17) is 19.6 Å². The minimum atomic E-state index is -0.599. The van der Waals surface area contributed by atoms with E-state index in [0.717, 1.165) is 0 Å². The van der Waals surface area contributed by atoms with Crippen molar-refractivity contribution >= 4 is 23.2 Å². The lowest BCUT2D eigenvalue weighted by Crippen LogP contribution is -2.35. The average molecular weight is 388 g/mol. The lowest BCUT2D eigenvalue weighted by molar-refractivity contribution is -0.385. The first-order valence-electron chi connectivity index (χ1n) is 8.02. The molecule has 2 rings (SSSR count). The molecule has 0 aromatic heterocycles. The van der Waals surface area contributed by atoms with Gasteiger partial charge in [-0.15, -0.1) is 0 Å². The van der Waals surface area contributed by atoms with Gasteiger partial charge in [0, 0.05) is 22.9 Å². The maximum absolute atomic E-state index is 12.5. The van der Waals surface area contributed by atoms with Crippen molar-refractivity contribution in [1.29, 1.82) is 5.41 Å². The Morgan fingerprint density at radius 1 is 1.07 bits per heavy atom. The van der Waals surface area contributed by atoms with Crippen LogP contribution in [-0.4, -0.2) is 38.1 Å². The second-order valence-electron chi connectivity index (χ2n) is 5.63. The maximum atomic E-state index is 12.5. The van der Waals surface area contributed by atoms with E-state index in [-0.39, 0.29) is 17.2 Å². The van der Waals surface area contributed by atoms with Crippen LogP contribution in [0.2, 0.25) is 0 Å². The van der Waals surface area contributed by atoms with Crippen molar-refractivity contribution in [1.82, 2.24) is 5.32 Å². The van der Waals surface area contributed by atoms with Crippen molar-refractivity contribution in [3.63, 3.8) is 0 Å². The molecule has 0 saturated heterocycles. The summed E-state index contributed by atoms with van der Waals surface area (Å²) >= 11 is 0. The predicted molar refractivity (Wildman–Crippen MR) is 103 cm³/mol. The summed E-state index contributed by atoms with van der Waals surface area (Å²) in [5.74, 6) is -0.0294. The Hall–Kier alpha value is -3.82. The van der Waals surface area contributed by atoms with Crippen molar-refractivity contribution in [2.75, 3.05) is 26.6 Å². The van der Waals surface area contributed by atoms with Crippen LogP contribution in [-0.2, 0) is 0 Å². The van der Waals surface area contributed by atoms with E-state index >= 15 is 0 Å². The highest BCUT2D eigenvalue weighted by Crippen LogP contribution is 2.38. The predicted octanol–water partition coefficient (Wildman–Crippen LogP) is 2.71. The van der Waals surface area contributed by atoms with Crippen LogP contribution in [0.25, 0.3) is 0 Å². The van der Waals surface area contributed by atoms with E-state index in [1.54, 1.807) is 19.1 Å². The summed E-state index contributed by atoms with van der Waals surface area (Å²) in [5, 5.41) is 23.9. The number of hydrogen-bond donors (Lipinski definition) is 3. The van der Waals surface area contributed by atoms with Gasteiger partial charge in [0.1, 0.15) is 0 Å².